The van der Waals surface area contributed by atoms with E-state index in [0.29, 0.717) is 22.0 Å². The maximum Gasteiger partial charge on any atom is 0.251 e. The van der Waals surface area contributed by atoms with E-state index in [1.54, 1.807) is 27.1 Å². The molecule has 1 aliphatic rings. The van der Waals surface area contributed by atoms with Crippen molar-refractivity contribution >= 4 is 21.8 Å². The first-order chi connectivity index (χ1) is 18.1. The number of nitrogens with zero attached hydrogens (tertiary/aromatic N) is 3. The summed E-state index contributed by atoms with van der Waals surface area (Å²) in [6.07, 6.45) is 1.18. The van der Waals surface area contributed by atoms with E-state index in [2.05, 4.69) is 15.7 Å². The second kappa shape index (κ2) is 12.0. The van der Waals surface area contributed by atoms with Gasteiger partial charge in [-0.1, -0.05) is 13.8 Å². The van der Waals surface area contributed by atoms with Crippen LogP contribution in [0.25, 0.3) is 0 Å². The molecular formula is C24H30F5N5O4S. The van der Waals surface area contributed by atoms with Crippen LogP contribution in [0.15, 0.2) is 24.5 Å². The predicted molar refractivity (Wildman–Crippen MR) is 130 cm³/mol. The van der Waals surface area contributed by atoms with Crippen molar-refractivity contribution in [2.24, 2.45) is 13.0 Å². The van der Waals surface area contributed by atoms with Crippen LogP contribution in [0.4, 0.5) is 22.0 Å². The Labute approximate surface area is 222 Å². The standard InChI is InChI=1S/C24H30F5N5O4S/c1-14(2)6-20(22(35)30-10-15-11-31-33(3)12-15)32-23(36)21-9-24(28,29)4-5-34(21)39(37,38)13-17-18(26)7-16(25)8-19(17)27/h7-8,11-12,14,20-21H,4-6,9-10,13H2,1-3H3,(H,30,35)(H,32,36)/t20-,21-/m0/s1. The Morgan fingerprint density at radius 2 is 1.82 bits per heavy atom. The minimum atomic E-state index is -4.73. The average Bonchev–Trinajstić information content (AvgIpc) is 3.23. The van der Waals surface area contributed by atoms with Crippen LogP contribution in [-0.4, -0.2) is 58.9 Å². The molecule has 1 aliphatic heterocycles. The first-order valence-corrected chi connectivity index (χ1v) is 13.8. The second-order valence-corrected chi connectivity index (χ2v) is 11.9. The zero-order valence-corrected chi connectivity index (χ0v) is 22.4. The number of alkyl halides is 2. The topological polar surface area (TPSA) is 113 Å². The molecule has 0 radical (unpaired) electrons. The highest BCUT2D eigenvalue weighted by Crippen LogP contribution is 2.34. The fraction of sp³-hybridized carbons (Fsp3) is 0.542. The summed E-state index contributed by atoms with van der Waals surface area (Å²) in [5, 5.41) is 9.00. The van der Waals surface area contributed by atoms with Gasteiger partial charge in [0.15, 0.2) is 0 Å². The summed E-state index contributed by atoms with van der Waals surface area (Å²) in [6, 6.07) is -2.54. The molecule has 0 saturated carbocycles. The number of halogens is 5. The number of benzene rings is 1. The highest BCUT2D eigenvalue weighted by molar-refractivity contribution is 7.88. The summed E-state index contributed by atoms with van der Waals surface area (Å²) < 4.78 is 98.5. The molecule has 2 aromatic rings. The smallest absolute Gasteiger partial charge is 0.251 e. The van der Waals surface area contributed by atoms with Crippen LogP contribution >= 0.6 is 0 Å². The first kappa shape index (κ1) is 30.5. The summed E-state index contributed by atoms with van der Waals surface area (Å²) in [7, 11) is -3.05. The van der Waals surface area contributed by atoms with Crippen LogP contribution in [0, 0.1) is 23.4 Å². The molecule has 1 aromatic carbocycles. The van der Waals surface area contributed by atoms with Crippen molar-refractivity contribution in [2.45, 2.75) is 63.4 Å². The van der Waals surface area contributed by atoms with Gasteiger partial charge in [-0.25, -0.2) is 30.4 Å². The molecule has 3 rings (SSSR count). The van der Waals surface area contributed by atoms with Gasteiger partial charge in [-0.3, -0.25) is 14.3 Å². The van der Waals surface area contributed by atoms with Crippen molar-refractivity contribution in [3.05, 3.63) is 53.1 Å². The summed E-state index contributed by atoms with van der Waals surface area (Å²) in [5.74, 6) is -10.8. The zero-order valence-electron chi connectivity index (χ0n) is 21.6. The van der Waals surface area contributed by atoms with Crippen molar-refractivity contribution in [1.82, 2.24) is 24.7 Å². The van der Waals surface area contributed by atoms with E-state index in [-0.39, 0.29) is 18.9 Å². The largest absolute Gasteiger partial charge is 0.350 e. The molecule has 1 fully saturated rings. The molecule has 1 aromatic heterocycles. The number of amides is 2. The third-order valence-corrected chi connectivity index (χ3v) is 8.00. The molecule has 0 aliphatic carbocycles. The number of carbonyl (C=O) groups is 2. The van der Waals surface area contributed by atoms with Crippen LogP contribution in [-0.2, 0) is 39.0 Å². The number of carbonyl (C=O) groups excluding carboxylic acids is 2. The van der Waals surface area contributed by atoms with Gasteiger partial charge in [0.2, 0.25) is 21.8 Å². The molecule has 1 saturated heterocycles. The van der Waals surface area contributed by atoms with Gasteiger partial charge < -0.3 is 10.6 Å². The molecule has 2 amide bonds. The molecule has 0 bridgehead atoms. The lowest BCUT2D eigenvalue weighted by atomic mass is 9.98. The third-order valence-electron chi connectivity index (χ3n) is 6.20. The van der Waals surface area contributed by atoms with Gasteiger partial charge in [0.25, 0.3) is 5.92 Å². The Morgan fingerprint density at radius 3 is 2.38 bits per heavy atom. The number of hydrogen-bond donors (Lipinski definition) is 2. The molecule has 15 heteroatoms. The van der Waals surface area contributed by atoms with Crippen LogP contribution in [0.1, 0.15) is 44.2 Å². The molecule has 2 N–H and O–H groups in total. The van der Waals surface area contributed by atoms with E-state index >= 15 is 0 Å². The van der Waals surface area contributed by atoms with Crippen LogP contribution < -0.4 is 10.6 Å². The van der Waals surface area contributed by atoms with Crippen LogP contribution in [0.2, 0.25) is 0 Å². The van der Waals surface area contributed by atoms with E-state index in [0.717, 1.165) is 0 Å². The van der Waals surface area contributed by atoms with Crippen LogP contribution in [0.5, 0.6) is 0 Å². The van der Waals surface area contributed by atoms with Gasteiger partial charge in [0.1, 0.15) is 29.5 Å². The van der Waals surface area contributed by atoms with Gasteiger partial charge in [0.05, 0.1) is 11.9 Å². The highest BCUT2D eigenvalue weighted by Gasteiger charge is 2.48. The summed E-state index contributed by atoms with van der Waals surface area (Å²) >= 11 is 0. The quantitative estimate of drug-likeness (QED) is 0.421. The molecule has 9 nitrogen and oxygen atoms in total. The fourth-order valence-corrected chi connectivity index (χ4v) is 6.03. The van der Waals surface area contributed by atoms with Crippen molar-refractivity contribution in [1.29, 1.82) is 0 Å². The highest BCUT2D eigenvalue weighted by atomic mass is 32.2. The van der Waals surface area contributed by atoms with Gasteiger partial charge in [-0.2, -0.15) is 9.40 Å². The Bertz CT molecular complexity index is 1290. The molecule has 0 spiro atoms. The Hall–Kier alpha value is -3.07. The molecule has 2 atom stereocenters. The maximum absolute atomic E-state index is 14.3. The number of piperidine rings is 1. The zero-order chi connectivity index (χ0) is 29.1. The Balaban J connectivity index is 1.82. The Morgan fingerprint density at radius 1 is 1.18 bits per heavy atom. The van der Waals surface area contributed by atoms with Crippen molar-refractivity contribution in [3.63, 3.8) is 0 Å². The first-order valence-electron chi connectivity index (χ1n) is 12.1. The number of rotatable bonds is 10. The van der Waals surface area contributed by atoms with E-state index < -0.39 is 88.0 Å². The SMILES string of the molecule is CC(C)C[C@H](NC(=O)[C@@H]1CC(F)(F)CCN1S(=O)(=O)Cc1c(F)cc(F)cc1F)C(=O)NCc1cnn(C)c1. The third kappa shape index (κ3) is 7.97. The minimum Gasteiger partial charge on any atom is -0.350 e. The lowest BCUT2D eigenvalue weighted by Gasteiger charge is -2.38. The summed E-state index contributed by atoms with van der Waals surface area (Å²) in [6.45, 7) is 2.81. The second-order valence-electron chi connectivity index (χ2n) is 9.97. The number of nitrogens with one attached hydrogen (secondary N) is 2. The van der Waals surface area contributed by atoms with E-state index in [1.165, 1.54) is 10.9 Å². The fourth-order valence-electron chi connectivity index (χ4n) is 4.29. The summed E-state index contributed by atoms with van der Waals surface area (Å²) in [5.41, 5.74) is -0.315. The Kier molecular flexibility index (Phi) is 9.36. The molecular weight excluding hydrogens is 549 g/mol. The van der Waals surface area contributed by atoms with E-state index in [4.69, 9.17) is 0 Å². The van der Waals surface area contributed by atoms with Crippen LogP contribution in [0.3, 0.4) is 0 Å². The minimum absolute atomic E-state index is 0.0773. The molecule has 0 unspecified atom stereocenters. The number of sulfonamides is 1. The molecule has 2 heterocycles. The van der Waals surface area contributed by atoms with Gasteiger partial charge in [-0.15, -0.1) is 0 Å². The van der Waals surface area contributed by atoms with Gasteiger partial charge in [-0.05, 0) is 12.3 Å². The monoisotopic (exact) mass is 579 g/mol. The van der Waals surface area contributed by atoms with Crippen molar-refractivity contribution in [3.8, 4) is 0 Å². The summed E-state index contributed by atoms with van der Waals surface area (Å²) in [4.78, 5) is 26.1. The lowest BCUT2D eigenvalue weighted by molar-refractivity contribution is -0.136. The number of aromatic nitrogens is 2. The predicted octanol–water partition coefficient (Wildman–Crippen LogP) is 2.61. The van der Waals surface area contributed by atoms with E-state index in [9.17, 15) is 40.0 Å². The van der Waals surface area contributed by atoms with Crippen molar-refractivity contribution < 1.29 is 40.0 Å². The number of hydrogen-bond acceptors (Lipinski definition) is 5. The normalized spacial score (nSPS) is 18.6. The number of aryl methyl sites for hydroxylation is 1. The maximum atomic E-state index is 14.3. The lowest BCUT2D eigenvalue weighted by Crippen LogP contribution is -2.59. The van der Waals surface area contributed by atoms with Gasteiger partial charge >= 0.3 is 0 Å². The van der Waals surface area contributed by atoms with Crippen molar-refractivity contribution in [2.75, 3.05) is 6.54 Å². The molecule has 39 heavy (non-hydrogen) atoms. The molecule has 216 valence electrons. The van der Waals surface area contributed by atoms with E-state index in [1.807, 2.05) is 0 Å². The van der Waals surface area contributed by atoms with Gasteiger partial charge in [0, 0.05) is 62.4 Å². The average molecular weight is 580 g/mol.